The highest BCUT2D eigenvalue weighted by Gasteiger charge is 2.14. The first kappa shape index (κ1) is 13.2. The number of thioether (sulfide) groups is 1. The van der Waals surface area contributed by atoms with Gasteiger partial charge in [-0.2, -0.15) is 0 Å². The predicted molar refractivity (Wildman–Crippen MR) is 72.2 cm³/mol. The number of aromatic nitrogens is 2. The molecule has 1 aromatic heterocycles. The van der Waals surface area contributed by atoms with Crippen LogP contribution in [0.3, 0.4) is 0 Å². The summed E-state index contributed by atoms with van der Waals surface area (Å²) in [5, 5.41) is 0. The molecule has 0 atom stereocenters. The van der Waals surface area contributed by atoms with Crippen molar-refractivity contribution in [1.29, 1.82) is 0 Å². The average Bonchev–Trinajstić information content (AvgIpc) is 2.38. The highest BCUT2D eigenvalue weighted by atomic mass is 32.2. The Kier molecular flexibility index (Phi) is 3.86. The molecule has 0 spiro atoms. The van der Waals surface area contributed by atoms with Crippen LogP contribution in [0.5, 0.6) is 0 Å². The van der Waals surface area contributed by atoms with Crippen LogP contribution in [-0.2, 0) is 5.75 Å². The van der Waals surface area contributed by atoms with Crippen LogP contribution in [0.25, 0.3) is 0 Å². The zero-order valence-electron chi connectivity index (χ0n) is 9.80. The summed E-state index contributed by atoms with van der Waals surface area (Å²) in [4.78, 5) is 39.3. The molecule has 0 saturated carbocycles. The fourth-order valence-electron chi connectivity index (χ4n) is 1.53. The number of nitrogens with one attached hydrogen (secondary N) is 2. The Labute approximate surface area is 112 Å². The van der Waals surface area contributed by atoms with Gasteiger partial charge in [-0.25, -0.2) is 4.79 Å². The molecule has 0 fully saturated rings. The van der Waals surface area contributed by atoms with Gasteiger partial charge in [0, 0.05) is 10.6 Å². The van der Waals surface area contributed by atoms with E-state index < -0.39 is 17.2 Å². The number of nitrogens with two attached hydrogens (primary N) is 1. The van der Waals surface area contributed by atoms with Gasteiger partial charge in [0.2, 0.25) is 0 Å². The first-order chi connectivity index (χ1) is 9.08. The fraction of sp³-hybridized carbons (Fsp3) is 0.0833. The molecule has 19 heavy (non-hydrogen) atoms. The quantitative estimate of drug-likeness (QED) is 0.705. The molecule has 2 rings (SSSR count). The molecule has 0 aliphatic heterocycles. The van der Waals surface area contributed by atoms with Crippen molar-refractivity contribution in [3.05, 3.63) is 62.4 Å². The van der Waals surface area contributed by atoms with Crippen molar-refractivity contribution in [3.63, 3.8) is 0 Å². The summed E-state index contributed by atoms with van der Waals surface area (Å²) >= 11 is 1.38. The second kappa shape index (κ2) is 5.57. The first-order valence-corrected chi connectivity index (χ1v) is 6.39. The number of hydrogen-bond donors (Lipinski definition) is 3. The van der Waals surface area contributed by atoms with Gasteiger partial charge in [-0.15, -0.1) is 11.8 Å². The molecule has 0 radical (unpaired) electrons. The first-order valence-electron chi connectivity index (χ1n) is 5.41. The molecule has 0 unspecified atom stereocenters. The number of primary amides is 1. The van der Waals surface area contributed by atoms with Crippen LogP contribution in [0.2, 0.25) is 0 Å². The van der Waals surface area contributed by atoms with Gasteiger partial charge in [0.25, 0.3) is 11.5 Å². The van der Waals surface area contributed by atoms with Crippen molar-refractivity contribution in [2.24, 2.45) is 5.73 Å². The Morgan fingerprint density at radius 1 is 1.16 bits per heavy atom. The number of carbonyl (C=O) groups excluding carboxylic acids is 1. The SMILES string of the molecule is NC(=O)c1[nH]c(=O)[nH]c(=O)c1CSc1ccccc1. The summed E-state index contributed by atoms with van der Waals surface area (Å²) in [7, 11) is 0. The van der Waals surface area contributed by atoms with Crippen molar-refractivity contribution >= 4 is 17.7 Å². The van der Waals surface area contributed by atoms with E-state index in [2.05, 4.69) is 9.97 Å². The average molecular weight is 277 g/mol. The van der Waals surface area contributed by atoms with Gasteiger partial charge < -0.3 is 10.7 Å². The molecule has 0 aliphatic rings. The maximum absolute atomic E-state index is 11.7. The topological polar surface area (TPSA) is 109 Å². The van der Waals surface area contributed by atoms with Crippen molar-refractivity contribution in [3.8, 4) is 0 Å². The van der Waals surface area contributed by atoms with Crippen molar-refractivity contribution < 1.29 is 4.79 Å². The number of hydrogen-bond acceptors (Lipinski definition) is 4. The smallest absolute Gasteiger partial charge is 0.326 e. The Bertz CT molecular complexity index is 706. The minimum Gasteiger partial charge on any atom is -0.364 e. The Morgan fingerprint density at radius 3 is 2.47 bits per heavy atom. The number of H-pyrrole nitrogens is 2. The summed E-state index contributed by atoms with van der Waals surface area (Å²) in [6.07, 6.45) is 0. The van der Waals surface area contributed by atoms with Crippen LogP contribution in [0.1, 0.15) is 16.1 Å². The van der Waals surface area contributed by atoms with E-state index in [9.17, 15) is 14.4 Å². The lowest BCUT2D eigenvalue weighted by Crippen LogP contribution is -2.31. The van der Waals surface area contributed by atoms with Crippen LogP contribution in [0, 0.1) is 0 Å². The van der Waals surface area contributed by atoms with Crippen molar-refractivity contribution in [2.75, 3.05) is 0 Å². The minimum absolute atomic E-state index is 0.141. The lowest BCUT2D eigenvalue weighted by atomic mass is 10.2. The van der Waals surface area contributed by atoms with Gasteiger partial charge >= 0.3 is 5.69 Å². The molecule has 98 valence electrons. The predicted octanol–water partition coefficient (Wildman–Crippen LogP) is 0.454. The van der Waals surface area contributed by atoms with Gasteiger partial charge in [0.15, 0.2) is 0 Å². The van der Waals surface area contributed by atoms with E-state index in [1.807, 2.05) is 30.3 Å². The Morgan fingerprint density at radius 2 is 1.84 bits per heavy atom. The van der Waals surface area contributed by atoms with Gasteiger partial charge in [0.1, 0.15) is 5.69 Å². The van der Waals surface area contributed by atoms with E-state index in [1.165, 1.54) is 11.8 Å². The summed E-state index contributed by atoms with van der Waals surface area (Å²) in [5.41, 5.74) is 3.84. The van der Waals surface area contributed by atoms with E-state index in [1.54, 1.807) is 0 Å². The number of amides is 1. The van der Waals surface area contributed by atoms with Gasteiger partial charge in [0.05, 0.1) is 5.56 Å². The fourth-order valence-corrected chi connectivity index (χ4v) is 2.47. The van der Waals surface area contributed by atoms with Crippen LogP contribution in [0.4, 0.5) is 0 Å². The second-order valence-corrected chi connectivity index (χ2v) is 4.78. The molecule has 6 nitrogen and oxygen atoms in total. The van der Waals surface area contributed by atoms with Crippen LogP contribution < -0.4 is 17.0 Å². The lowest BCUT2D eigenvalue weighted by molar-refractivity contribution is 0.0994. The van der Waals surface area contributed by atoms with Gasteiger partial charge in [-0.1, -0.05) is 18.2 Å². The summed E-state index contributed by atoms with van der Waals surface area (Å²) in [5.74, 6) is -0.583. The van der Waals surface area contributed by atoms with Crippen molar-refractivity contribution in [2.45, 2.75) is 10.6 Å². The molecule has 7 heteroatoms. The van der Waals surface area contributed by atoms with Gasteiger partial charge in [-0.3, -0.25) is 14.6 Å². The number of benzene rings is 1. The minimum atomic E-state index is -0.827. The number of aromatic amines is 2. The van der Waals surface area contributed by atoms with E-state index in [-0.39, 0.29) is 17.0 Å². The molecule has 0 saturated heterocycles. The molecule has 0 aliphatic carbocycles. The third kappa shape index (κ3) is 3.14. The third-order valence-corrected chi connectivity index (χ3v) is 3.45. The molecule has 0 bridgehead atoms. The summed E-state index contributed by atoms with van der Waals surface area (Å²) < 4.78 is 0. The molecule has 1 amide bonds. The maximum atomic E-state index is 11.7. The molecule has 1 aromatic carbocycles. The number of carbonyl (C=O) groups is 1. The highest BCUT2D eigenvalue weighted by molar-refractivity contribution is 7.98. The molecule has 4 N–H and O–H groups in total. The van der Waals surface area contributed by atoms with E-state index in [0.29, 0.717) is 0 Å². The molecular weight excluding hydrogens is 266 g/mol. The largest absolute Gasteiger partial charge is 0.364 e. The maximum Gasteiger partial charge on any atom is 0.326 e. The van der Waals surface area contributed by atoms with E-state index in [0.717, 1.165) is 4.90 Å². The third-order valence-electron chi connectivity index (χ3n) is 2.41. The Balaban J connectivity index is 2.32. The van der Waals surface area contributed by atoms with Gasteiger partial charge in [-0.05, 0) is 12.1 Å². The van der Waals surface area contributed by atoms with Crippen LogP contribution in [-0.4, -0.2) is 15.9 Å². The molecular formula is C12H11N3O3S. The second-order valence-electron chi connectivity index (χ2n) is 3.73. The summed E-state index contributed by atoms with van der Waals surface area (Å²) in [6.45, 7) is 0. The van der Waals surface area contributed by atoms with Crippen molar-refractivity contribution in [1.82, 2.24) is 9.97 Å². The lowest BCUT2D eigenvalue weighted by Gasteiger charge is -2.04. The zero-order valence-corrected chi connectivity index (χ0v) is 10.6. The van der Waals surface area contributed by atoms with E-state index >= 15 is 0 Å². The number of rotatable bonds is 4. The van der Waals surface area contributed by atoms with E-state index in [4.69, 9.17) is 5.73 Å². The highest BCUT2D eigenvalue weighted by Crippen LogP contribution is 2.21. The monoisotopic (exact) mass is 277 g/mol. The zero-order chi connectivity index (χ0) is 13.8. The van der Waals surface area contributed by atoms with Crippen LogP contribution >= 0.6 is 11.8 Å². The summed E-state index contributed by atoms with van der Waals surface area (Å²) in [6, 6.07) is 9.39. The molecule has 1 heterocycles. The normalized spacial score (nSPS) is 10.3. The molecule has 2 aromatic rings. The Hall–Kier alpha value is -2.28. The van der Waals surface area contributed by atoms with Crippen LogP contribution in [0.15, 0.2) is 44.8 Å². The standard InChI is InChI=1S/C12H11N3O3S/c13-10(16)9-8(11(17)15-12(18)14-9)6-19-7-4-2-1-3-5-7/h1-5H,6H2,(H2,13,16)(H2,14,15,17,18).